The first-order valence-electron chi connectivity index (χ1n) is 5.61. The molecule has 2 heterocycles. The maximum atomic E-state index is 4.22. The number of imidazole rings is 1. The van der Waals surface area contributed by atoms with Crippen LogP contribution in [0.5, 0.6) is 0 Å². The van der Waals surface area contributed by atoms with Gasteiger partial charge < -0.3 is 15.2 Å². The molecule has 0 bridgehead atoms. The predicted molar refractivity (Wildman–Crippen MR) is 74.6 cm³/mol. The lowest BCUT2D eigenvalue weighted by molar-refractivity contribution is 0.616. The van der Waals surface area contributed by atoms with E-state index >= 15 is 0 Å². The molecule has 0 saturated heterocycles. The zero-order chi connectivity index (χ0) is 13.0. The Morgan fingerprint density at radius 2 is 2.17 bits per heavy atom. The van der Waals surface area contributed by atoms with Gasteiger partial charge in [0.25, 0.3) is 0 Å². The van der Waals surface area contributed by atoms with E-state index < -0.39 is 0 Å². The van der Waals surface area contributed by atoms with E-state index in [2.05, 4.69) is 48.4 Å². The summed E-state index contributed by atoms with van der Waals surface area (Å²) in [6.45, 7) is 2.92. The summed E-state index contributed by atoms with van der Waals surface area (Å²) in [4.78, 5) is 12.4. The maximum Gasteiger partial charge on any atom is 0.146 e. The van der Waals surface area contributed by atoms with Gasteiger partial charge in [-0.3, -0.25) is 0 Å². The van der Waals surface area contributed by atoms with Gasteiger partial charge in [-0.1, -0.05) is 0 Å². The summed E-state index contributed by atoms with van der Waals surface area (Å²) in [5.41, 5.74) is 0. The van der Waals surface area contributed by atoms with E-state index in [1.807, 2.05) is 17.8 Å². The lowest BCUT2D eigenvalue weighted by Gasteiger charge is -2.16. The Morgan fingerprint density at radius 1 is 1.39 bits per heavy atom. The molecule has 0 aliphatic carbocycles. The fourth-order valence-electron chi connectivity index (χ4n) is 1.63. The molecule has 6 nitrogen and oxygen atoms in total. The number of aromatic nitrogens is 4. The molecule has 0 aromatic carbocycles. The molecule has 0 spiro atoms. The highest BCUT2D eigenvalue weighted by atomic mass is 79.9. The lowest BCUT2D eigenvalue weighted by atomic mass is 10.3. The fraction of sp³-hybridized carbons (Fsp3) is 0.364. The average Bonchev–Trinajstić information content (AvgIpc) is 2.84. The molecule has 1 unspecified atom stereocenters. The van der Waals surface area contributed by atoms with Crippen molar-refractivity contribution >= 4 is 27.6 Å². The molecule has 1 atom stereocenters. The van der Waals surface area contributed by atoms with E-state index in [1.165, 1.54) is 6.33 Å². The molecule has 0 aliphatic rings. The van der Waals surface area contributed by atoms with Crippen molar-refractivity contribution in [3.05, 3.63) is 29.5 Å². The van der Waals surface area contributed by atoms with Gasteiger partial charge in [0.05, 0.1) is 6.33 Å². The van der Waals surface area contributed by atoms with Crippen LogP contribution >= 0.6 is 15.9 Å². The van der Waals surface area contributed by atoms with Gasteiger partial charge in [0, 0.05) is 32.0 Å². The maximum absolute atomic E-state index is 4.22. The number of nitrogens with zero attached hydrogens (tertiary/aromatic N) is 4. The van der Waals surface area contributed by atoms with Gasteiger partial charge in [-0.25, -0.2) is 15.0 Å². The van der Waals surface area contributed by atoms with Crippen LogP contribution in [0.2, 0.25) is 0 Å². The second-order valence-corrected chi connectivity index (χ2v) is 4.73. The molecule has 18 heavy (non-hydrogen) atoms. The number of nitrogens with one attached hydrogen (secondary N) is 2. The minimum Gasteiger partial charge on any atom is -0.372 e. The van der Waals surface area contributed by atoms with Gasteiger partial charge in [-0.15, -0.1) is 0 Å². The van der Waals surface area contributed by atoms with Crippen LogP contribution in [0.15, 0.2) is 29.5 Å². The van der Waals surface area contributed by atoms with Crippen molar-refractivity contribution in [2.75, 3.05) is 17.7 Å². The van der Waals surface area contributed by atoms with Crippen LogP contribution in [0.3, 0.4) is 0 Å². The smallest absolute Gasteiger partial charge is 0.146 e. The first-order chi connectivity index (χ1) is 8.70. The van der Waals surface area contributed by atoms with Gasteiger partial charge in [-0.05, 0) is 22.9 Å². The van der Waals surface area contributed by atoms with Gasteiger partial charge in [0.2, 0.25) is 0 Å². The zero-order valence-electron chi connectivity index (χ0n) is 10.3. The standard InChI is InChI=1S/C11H15BrN6/c1-8(5-18-4-3-14-7-18)17-11-9(12)10(13-2)15-6-16-11/h3-4,6-8H,5H2,1-2H3,(H2,13,15,16,17). The molecular weight excluding hydrogens is 296 g/mol. The van der Waals surface area contributed by atoms with Crippen LogP contribution in [-0.4, -0.2) is 32.6 Å². The van der Waals surface area contributed by atoms with E-state index in [4.69, 9.17) is 0 Å². The highest BCUT2D eigenvalue weighted by Gasteiger charge is 2.10. The summed E-state index contributed by atoms with van der Waals surface area (Å²) in [5.74, 6) is 1.55. The highest BCUT2D eigenvalue weighted by Crippen LogP contribution is 2.26. The third-order valence-electron chi connectivity index (χ3n) is 2.45. The SMILES string of the molecule is CNc1ncnc(NC(C)Cn2ccnc2)c1Br. The Morgan fingerprint density at radius 3 is 2.83 bits per heavy atom. The van der Waals surface area contributed by atoms with Crippen molar-refractivity contribution in [2.45, 2.75) is 19.5 Å². The monoisotopic (exact) mass is 310 g/mol. The van der Waals surface area contributed by atoms with Crippen LogP contribution < -0.4 is 10.6 Å². The molecule has 0 radical (unpaired) electrons. The minimum atomic E-state index is 0.232. The fourth-order valence-corrected chi connectivity index (χ4v) is 2.15. The topological polar surface area (TPSA) is 67.7 Å². The van der Waals surface area contributed by atoms with Crippen LogP contribution in [-0.2, 0) is 6.54 Å². The number of hydrogen-bond acceptors (Lipinski definition) is 5. The zero-order valence-corrected chi connectivity index (χ0v) is 11.8. The molecule has 2 aromatic heterocycles. The van der Waals surface area contributed by atoms with Crippen molar-refractivity contribution in [2.24, 2.45) is 0 Å². The molecular formula is C11H15BrN6. The van der Waals surface area contributed by atoms with E-state index in [1.54, 1.807) is 12.5 Å². The Bertz CT molecular complexity index is 498. The van der Waals surface area contributed by atoms with Crippen LogP contribution in [0.1, 0.15) is 6.92 Å². The summed E-state index contributed by atoms with van der Waals surface area (Å²) in [6, 6.07) is 0.232. The molecule has 2 N–H and O–H groups in total. The number of anilines is 2. The molecule has 2 aromatic rings. The van der Waals surface area contributed by atoms with E-state index in [9.17, 15) is 0 Å². The molecule has 7 heteroatoms. The quantitative estimate of drug-likeness (QED) is 0.884. The molecule has 0 fully saturated rings. The second-order valence-electron chi connectivity index (χ2n) is 3.94. The highest BCUT2D eigenvalue weighted by molar-refractivity contribution is 9.10. The summed E-state index contributed by atoms with van der Waals surface area (Å²) < 4.78 is 2.86. The third kappa shape index (κ3) is 2.98. The number of halogens is 1. The Labute approximate surface area is 114 Å². The normalized spacial score (nSPS) is 12.2. The number of hydrogen-bond donors (Lipinski definition) is 2. The van der Waals surface area contributed by atoms with Gasteiger partial charge in [0.15, 0.2) is 0 Å². The Balaban J connectivity index is 2.05. The van der Waals surface area contributed by atoms with Gasteiger partial charge in [-0.2, -0.15) is 0 Å². The summed E-state index contributed by atoms with van der Waals surface area (Å²) in [5, 5.41) is 6.34. The first kappa shape index (κ1) is 12.8. The molecule has 96 valence electrons. The van der Waals surface area contributed by atoms with Crippen LogP contribution in [0.4, 0.5) is 11.6 Å². The second kappa shape index (κ2) is 5.81. The summed E-state index contributed by atoms with van der Waals surface area (Å²) in [6.07, 6.45) is 7.04. The third-order valence-corrected chi connectivity index (χ3v) is 3.20. The largest absolute Gasteiger partial charge is 0.372 e. The summed E-state index contributed by atoms with van der Waals surface area (Å²) in [7, 11) is 1.83. The predicted octanol–water partition coefficient (Wildman–Crippen LogP) is 1.98. The van der Waals surface area contributed by atoms with E-state index in [0.29, 0.717) is 0 Å². The Hall–Kier alpha value is -1.63. The van der Waals surface area contributed by atoms with E-state index in [0.717, 1.165) is 22.7 Å². The average molecular weight is 311 g/mol. The van der Waals surface area contributed by atoms with Crippen molar-refractivity contribution in [3.8, 4) is 0 Å². The molecule has 0 amide bonds. The van der Waals surface area contributed by atoms with Crippen molar-refractivity contribution in [1.29, 1.82) is 0 Å². The molecule has 0 saturated carbocycles. The van der Waals surface area contributed by atoms with Crippen molar-refractivity contribution < 1.29 is 0 Å². The molecule has 2 rings (SSSR count). The van der Waals surface area contributed by atoms with Gasteiger partial charge >= 0.3 is 0 Å². The number of rotatable bonds is 5. The lowest BCUT2D eigenvalue weighted by Crippen LogP contribution is -2.22. The molecule has 0 aliphatic heterocycles. The van der Waals surface area contributed by atoms with Crippen LogP contribution in [0, 0.1) is 0 Å². The van der Waals surface area contributed by atoms with E-state index in [-0.39, 0.29) is 6.04 Å². The summed E-state index contributed by atoms with van der Waals surface area (Å²) >= 11 is 3.48. The van der Waals surface area contributed by atoms with Crippen LogP contribution in [0.25, 0.3) is 0 Å². The van der Waals surface area contributed by atoms with Crippen molar-refractivity contribution in [3.63, 3.8) is 0 Å². The Kier molecular flexibility index (Phi) is 4.14. The first-order valence-corrected chi connectivity index (χ1v) is 6.40. The van der Waals surface area contributed by atoms with Crippen molar-refractivity contribution in [1.82, 2.24) is 19.5 Å². The van der Waals surface area contributed by atoms with Gasteiger partial charge in [0.1, 0.15) is 22.4 Å². The minimum absolute atomic E-state index is 0.232.